The Hall–Kier alpha value is -3.10. The Balaban J connectivity index is 1.81. The number of pyridine rings is 1. The zero-order chi connectivity index (χ0) is 17.8. The van der Waals surface area contributed by atoms with E-state index in [9.17, 15) is 4.79 Å². The molecule has 3 aromatic rings. The molecule has 0 aliphatic rings. The van der Waals surface area contributed by atoms with Gasteiger partial charge in [-0.15, -0.1) is 0 Å². The third-order valence-electron chi connectivity index (χ3n) is 3.52. The largest absolute Gasteiger partial charge is 0.340 e. The predicted molar refractivity (Wildman–Crippen MR) is 88.3 cm³/mol. The fourth-order valence-electron chi connectivity index (χ4n) is 2.40. The summed E-state index contributed by atoms with van der Waals surface area (Å²) in [6.45, 7) is 6.00. The Kier molecular flexibility index (Phi) is 4.82. The second kappa shape index (κ2) is 7.20. The lowest BCUT2D eigenvalue weighted by atomic mass is 10.0. The minimum absolute atomic E-state index is 0.235. The molecule has 25 heavy (non-hydrogen) atoms. The Morgan fingerprint density at radius 3 is 2.88 bits per heavy atom. The van der Waals surface area contributed by atoms with Gasteiger partial charge in [0.15, 0.2) is 5.82 Å². The number of hydrogen-bond donors (Lipinski definition) is 2. The molecule has 1 atom stereocenters. The van der Waals surface area contributed by atoms with Crippen molar-refractivity contribution in [1.29, 1.82) is 0 Å². The van der Waals surface area contributed by atoms with E-state index in [1.165, 1.54) is 12.5 Å². The lowest BCUT2D eigenvalue weighted by Gasteiger charge is -2.17. The molecule has 0 fully saturated rings. The van der Waals surface area contributed by atoms with Crippen molar-refractivity contribution in [1.82, 2.24) is 35.6 Å². The fourth-order valence-corrected chi connectivity index (χ4v) is 2.40. The fraction of sp³-hybridized carbons (Fsp3) is 0.375. The minimum atomic E-state index is -0.405. The summed E-state index contributed by atoms with van der Waals surface area (Å²) < 4.78 is 5.33. The number of aromatic amines is 1. The summed E-state index contributed by atoms with van der Waals surface area (Å²) in [5.41, 5.74) is 1.40. The minimum Gasteiger partial charge on any atom is -0.340 e. The van der Waals surface area contributed by atoms with Gasteiger partial charge in [-0.3, -0.25) is 14.9 Å². The van der Waals surface area contributed by atoms with Crippen molar-refractivity contribution < 1.29 is 9.32 Å². The molecule has 0 unspecified atom stereocenters. The zero-order valence-corrected chi connectivity index (χ0v) is 14.2. The van der Waals surface area contributed by atoms with E-state index >= 15 is 0 Å². The highest BCUT2D eigenvalue weighted by atomic mass is 16.5. The van der Waals surface area contributed by atoms with Crippen LogP contribution in [0, 0.1) is 12.8 Å². The summed E-state index contributed by atoms with van der Waals surface area (Å²) in [6.07, 6.45) is 5.25. The number of nitrogens with one attached hydrogen (secondary N) is 2. The lowest BCUT2D eigenvalue weighted by molar-refractivity contribution is 0.0922. The molecule has 1 amide bonds. The van der Waals surface area contributed by atoms with E-state index in [0.29, 0.717) is 35.4 Å². The van der Waals surface area contributed by atoms with Crippen molar-refractivity contribution >= 4 is 5.91 Å². The Morgan fingerprint density at radius 1 is 1.36 bits per heavy atom. The van der Waals surface area contributed by atoms with Gasteiger partial charge in [0.05, 0.1) is 5.56 Å². The van der Waals surface area contributed by atoms with Gasteiger partial charge in [-0.05, 0) is 30.9 Å². The molecule has 3 rings (SSSR count). The van der Waals surface area contributed by atoms with Crippen LogP contribution in [0.25, 0.3) is 11.6 Å². The highest BCUT2D eigenvalue weighted by Gasteiger charge is 2.24. The van der Waals surface area contributed by atoms with Gasteiger partial charge < -0.3 is 9.84 Å². The number of aromatic nitrogens is 6. The molecule has 2 N–H and O–H groups in total. The first-order valence-electron chi connectivity index (χ1n) is 7.94. The van der Waals surface area contributed by atoms with Gasteiger partial charge in [0.25, 0.3) is 5.91 Å². The summed E-state index contributed by atoms with van der Waals surface area (Å²) >= 11 is 0. The zero-order valence-electron chi connectivity index (χ0n) is 14.2. The van der Waals surface area contributed by atoms with Crippen LogP contribution in [0.2, 0.25) is 0 Å². The monoisotopic (exact) mass is 341 g/mol. The second-order valence-electron chi connectivity index (χ2n) is 6.20. The van der Waals surface area contributed by atoms with Crippen molar-refractivity contribution in [3.05, 3.63) is 41.8 Å². The maximum absolute atomic E-state index is 12.5. The quantitative estimate of drug-likeness (QED) is 0.703. The van der Waals surface area contributed by atoms with Gasteiger partial charge in [0.1, 0.15) is 12.4 Å². The SMILES string of the molecule is Cc1cncc(C(=O)N[C@H](CC(C)C)c2nc(-c3ncn[nH]3)no2)c1. The van der Waals surface area contributed by atoms with Crippen LogP contribution >= 0.6 is 0 Å². The van der Waals surface area contributed by atoms with E-state index in [4.69, 9.17) is 4.52 Å². The average Bonchev–Trinajstić information content (AvgIpc) is 3.25. The van der Waals surface area contributed by atoms with Crippen LogP contribution in [0.5, 0.6) is 0 Å². The maximum Gasteiger partial charge on any atom is 0.253 e. The van der Waals surface area contributed by atoms with Crippen molar-refractivity contribution in [2.75, 3.05) is 0 Å². The molecule has 0 saturated heterocycles. The van der Waals surface area contributed by atoms with Crippen molar-refractivity contribution in [3.8, 4) is 11.6 Å². The number of H-pyrrole nitrogens is 1. The second-order valence-corrected chi connectivity index (χ2v) is 6.20. The molecule has 0 spiro atoms. The van der Waals surface area contributed by atoms with E-state index < -0.39 is 6.04 Å². The smallest absolute Gasteiger partial charge is 0.253 e. The number of hydrogen-bond acceptors (Lipinski definition) is 7. The maximum atomic E-state index is 12.5. The molecule has 0 aromatic carbocycles. The van der Waals surface area contributed by atoms with Gasteiger partial charge in [-0.25, -0.2) is 4.98 Å². The van der Waals surface area contributed by atoms with Crippen molar-refractivity contribution in [2.24, 2.45) is 5.92 Å². The van der Waals surface area contributed by atoms with Gasteiger partial charge in [0.2, 0.25) is 11.7 Å². The first kappa shape index (κ1) is 16.7. The molecule has 130 valence electrons. The molecule has 9 nitrogen and oxygen atoms in total. The van der Waals surface area contributed by atoms with Crippen LogP contribution in [-0.4, -0.2) is 36.2 Å². The normalized spacial score (nSPS) is 12.3. The van der Waals surface area contributed by atoms with Crippen molar-refractivity contribution in [2.45, 2.75) is 33.2 Å². The van der Waals surface area contributed by atoms with Crippen molar-refractivity contribution in [3.63, 3.8) is 0 Å². The van der Waals surface area contributed by atoms with E-state index in [1.807, 2.05) is 6.92 Å². The molecular formula is C16H19N7O2. The van der Waals surface area contributed by atoms with Gasteiger partial charge >= 0.3 is 0 Å². The molecule has 0 aliphatic heterocycles. The molecule has 9 heteroatoms. The van der Waals surface area contributed by atoms with Crippen LogP contribution in [0.1, 0.15) is 48.1 Å². The van der Waals surface area contributed by atoms with Crippen LogP contribution in [0.3, 0.4) is 0 Å². The number of aryl methyl sites for hydroxylation is 1. The van der Waals surface area contributed by atoms with E-state index in [-0.39, 0.29) is 5.91 Å². The molecule has 0 saturated carbocycles. The van der Waals surface area contributed by atoms with E-state index in [1.54, 1.807) is 12.3 Å². The number of rotatable bonds is 6. The Morgan fingerprint density at radius 2 is 2.20 bits per heavy atom. The Bertz CT molecular complexity index is 842. The average molecular weight is 341 g/mol. The third kappa shape index (κ3) is 4.06. The van der Waals surface area contributed by atoms with Crippen LogP contribution in [0.4, 0.5) is 0 Å². The first-order valence-corrected chi connectivity index (χ1v) is 7.94. The predicted octanol–water partition coefficient (Wildman–Crippen LogP) is 2.08. The summed E-state index contributed by atoms with van der Waals surface area (Å²) in [6, 6.07) is 1.37. The first-order chi connectivity index (χ1) is 12.0. The number of nitrogens with zero attached hydrogens (tertiary/aromatic N) is 5. The lowest BCUT2D eigenvalue weighted by Crippen LogP contribution is -2.30. The van der Waals surface area contributed by atoms with E-state index in [0.717, 1.165) is 5.56 Å². The molecule has 0 aliphatic carbocycles. The third-order valence-corrected chi connectivity index (χ3v) is 3.52. The molecule has 0 radical (unpaired) electrons. The highest BCUT2D eigenvalue weighted by Crippen LogP contribution is 2.22. The Labute approximate surface area is 144 Å². The molecule has 0 bridgehead atoms. The van der Waals surface area contributed by atoms with Crippen LogP contribution < -0.4 is 5.32 Å². The summed E-state index contributed by atoms with van der Waals surface area (Å²) in [5, 5.41) is 13.3. The topological polar surface area (TPSA) is 122 Å². The highest BCUT2D eigenvalue weighted by molar-refractivity contribution is 5.94. The van der Waals surface area contributed by atoms with E-state index in [2.05, 4.69) is 49.5 Å². The van der Waals surface area contributed by atoms with Gasteiger partial charge in [-0.1, -0.05) is 19.0 Å². The molecule has 3 aromatic heterocycles. The molecule has 3 heterocycles. The van der Waals surface area contributed by atoms with Gasteiger partial charge in [-0.2, -0.15) is 10.1 Å². The number of amides is 1. The number of carbonyl (C=O) groups is 1. The van der Waals surface area contributed by atoms with Gasteiger partial charge in [0, 0.05) is 12.4 Å². The summed E-state index contributed by atoms with van der Waals surface area (Å²) in [5.74, 6) is 1.12. The summed E-state index contributed by atoms with van der Waals surface area (Å²) in [7, 11) is 0. The standard InChI is InChI=1S/C16H19N7O2/c1-9(2)4-12(20-15(24)11-5-10(3)6-17-7-11)16-21-14(23-25-16)13-18-8-19-22-13/h5-9,12H,4H2,1-3H3,(H,20,24)(H,18,19,22)/t12-/m1/s1. The number of carbonyl (C=O) groups excluding carboxylic acids is 1. The molecular weight excluding hydrogens is 322 g/mol. The van der Waals surface area contributed by atoms with Crippen LogP contribution in [-0.2, 0) is 0 Å². The van der Waals surface area contributed by atoms with Crippen LogP contribution in [0.15, 0.2) is 29.3 Å². The summed E-state index contributed by atoms with van der Waals surface area (Å²) in [4.78, 5) is 24.9.